The number of hydrogen-bond acceptors (Lipinski definition) is 6. The van der Waals surface area contributed by atoms with Crippen LogP contribution in [0.15, 0.2) is 36.8 Å². The van der Waals surface area contributed by atoms with Gasteiger partial charge in [-0.25, -0.2) is 28.3 Å². The smallest absolute Gasteiger partial charge is 0.475 e. The summed E-state index contributed by atoms with van der Waals surface area (Å²) in [5.41, 5.74) is 3.41. The predicted molar refractivity (Wildman–Crippen MR) is 142 cm³/mol. The second kappa shape index (κ2) is 13.4. The average molecular weight is 636 g/mol. The maximum absolute atomic E-state index is 15.3. The molecule has 0 aliphatic carbocycles. The highest BCUT2D eigenvalue weighted by atomic mass is 19.4. The molecule has 3 aromatic heterocycles. The molecule has 0 amide bonds. The molecular formula is C27H25F8N5O4. The van der Waals surface area contributed by atoms with E-state index in [9.17, 15) is 30.7 Å². The molecule has 0 saturated carbocycles. The van der Waals surface area contributed by atoms with E-state index in [-0.39, 0.29) is 11.5 Å². The van der Waals surface area contributed by atoms with E-state index in [1.54, 1.807) is 29.1 Å². The van der Waals surface area contributed by atoms with Gasteiger partial charge in [0.05, 0.1) is 16.8 Å². The van der Waals surface area contributed by atoms with Crippen molar-refractivity contribution in [2.45, 2.75) is 45.0 Å². The maximum Gasteiger partial charge on any atom is 0.490 e. The molecule has 17 heteroatoms. The molecule has 1 aromatic carbocycles. The molecule has 1 saturated heterocycles. The van der Waals surface area contributed by atoms with Crippen molar-refractivity contribution >= 4 is 39.9 Å². The van der Waals surface area contributed by atoms with Gasteiger partial charge in [-0.05, 0) is 68.3 Å². The van der Waals surface area contributed by atoms with Gasteiger partial charge in [-0.1, -0.05) is 6.07 Å². The van der Waals surface area contributed by atoms with E-state index < -0.39 is 30.1 Å². The standard InChI is InChI=1S/C23H23F2N5.2C2HF3O2/c1-13-10-27-22(29-17-9-20(25)23-28-14(2)11-30(23)12-17)21-18(13)7-16(8-19(21)24)15-3-5-26-6-4-15;2*3-2(4,5)1(6)7/h7-12,15,26H,3-6H2,1-2H3,(H,27,29);2*(H,6,7). The van der Waals surface area contributed by atoms with Crippen LogP contribution in [-0.2, 0) is 9.59 Å². The van der Waals surface area contributed by atoms with Crippen molar-refractivity contribution in [1.82, 2.24) is 19.7 Å². The molecule has 0 spiro atoms. The molecule has 1 fully saturated rings. The third kappa shape index (κ3) is 8.52. The molecule has 238 valence electrons. The van der Waals surface area contributed by atoms with Crippen LogP contribution >= 0.6 is 0 Å². The number of benzene rings is 1. The maximum atomic E-state index is 15.3. The number of aryl methyl sites for hydroxylation is 2. The minimum Gasteiger partial charge on any atom is -0.475 e. The summed E-state index contributed by atoms with van der Waals surface area (Å²) >= 11 is 0. The third-order valence-corrected chi connectivity index (χ3v) is 6.35. The third-order valence-electron chi connectivity index (χ3n) is 6.35. The number of pyridine rings is 2. The fourth-order valence-electron chi connectivity index (χ4n) is 4.35. The fraction of sp³-hybridized carbons (Fsp3) is 0.333. The lowest BCUT2D eigenvalue weighted by Gasteiger charge is -2.24. The van der Waals surface area contributed by atoms with Crippen LogP contribution in [0, 0.1) is 25.5 Å². The van der Waals surface area contributed by atoms with Crippen molar-refractivity contribution in [1.29, 1.82) is 0 Å². The van der Waals surface area contributed by atoms with E-state index in [0.717, 1.165) is 48.1 Å². The van der Waals surface area contributed by atoms with E-state index in [4.69, 9.17) is 19.8 Å². The molecule has 4 aromatic rings. The minimum atomic E-state index is -5.08. The SMILES string of the molecule is Cc1cn2cc(Nc3ncc(C)c4cc(C5CCNCC5)cc(F)c34)cc(F)c2n1.O=C(O)C(F)(F)F.O=C(O)C(F)(F)F. The summed E-state index contributed by atoms with van der Waals surface area (Å²) < 4.78 is 94.8. The van der Waals surface area contributed by atoms with Crippen molar-refractivity contribution in [2.24, 2.45) is 0 Å². The van der Waals surface area contributed by atoms with Crippen LogP contribution in [0.25, 0.3) is 16.4 Å². The average Bonchev–Trinajstić information content (AvgIpc) is 3.31. The van der Waals surface area contributed by atoms with Crippen molar-refractivity contribution in [3.05, 3.63) is 65.2 Å². The number of carbonyl (C=O) groups is 2. The van der Waals surface area contributed by atoms with Crippen LogP contribution in [0.1, 0.15) is 35.6 Å². The van der Waals surface area contributed by atoms with Gasteiger partial charge in [-0.2, -0.15) is 26.3 Å². The molecule has 4 N–H and O–H groups in total. The summed E-state index contributed by atoms with van der Waals surface area (Å²) in [6.07, 6.45) is -2.95. The summed E-state index contributed by atoms with van der Waals surface area (Å²) in [7, 11) is 0. The van der Waals surface area contributed by atoms with Gasteiger partial charge in [-0.3, -0.25) is 0 Å². The Morgan fingerprint density at radius 2 is 1.50 bits per heavy atom. The lowest BCUT2D eigenvalue weighted by molar-refractivity contribution is -0.193. The summed E-state index contributed by atoms with van der Waals surface area (Å²) in [6, 6.07) is 5.07. The normalized spacial score (nSPS) is 14.0. The van der Waals surface area contributed by atoms with Gasteiger partial charge in [-0.15, -0.1) is 0 Å². The van der Waals surface area contributed by atoms with Crippen molar-refractivity contribution in [2.75, 3.05) is 18.4 Å². The fourth-order valence-corrected chi connectivity index (χ4v) is 4.35. The molecule has 0 unspecified atom stereocenters. The monoisotopic (exact) mass is 635 g/mol. The zero-order valence-electron chi connectivity index (χ0n) is 22.9. The van der Waals surface area contributed by atoms with Gasteiger partial charge in [0.25, 0.3) is 0 Å². The van der Waals surface area contributed by atoms with Crippen LogP contribution in [0.4, 0.5) is 46.6 Å². The number of hydrogen-bond donors (Lipinski definition) is 4. The topological polar surface area (TPSA) is 129 Å². The van der Waals surface area contributed by atoms with Crippen molar-refractivity contribution in [3.63, 3.8) is 0 Å². The molecule has 0 radical (unpaired) electrons. The number of nitrogens with one attached hydrogen (secondary N) is 2. The van der Waals surface area contributed by atoms with Crippen molar-refractivity contribution in [3.8, 4) is 0 Å². The van der Waals surface area contributed by atoms with E-state index in [0.29, 0.717) is 22.8 Å². The van der Waals surface area contributed by atoms with Gasteiger partial charge in [0.2, 0.25) is 0 Å². The Labute approximate surface area is 243 Å². The van der Waals surface area contributed by atoms with Crippen LogP contribution < -0.4 is 10.6 Å². The van der Waals surface area contributed by atoms with Crippen molar-refractivity contribution < 1.29 is 54.9 Å². The van der Waals surface area contributed by atoms with Gasteiger partial charge in [0.1, 0.15) is 11.6 Å². The van der Waals surface area contributed by atoms with E-state index in [1.807, 2.05) is 13.8 Å². The molecule has 4 heterocycles. The predicted octanol–water partition coefficient (Wildman–Crippen LogP) is 6.25. The zero-order valence-corrected chi connectivity index (χ0v) is 22.9. The Hall–Kier alpha value is -4.54. The number of aromatic nitrogens is 3. The summed E-state index contributed by atoms with van der Waals surface area (Å²) in [4.78, 5) is 26.4. The van der Waals surface area contributed by atoms with Crippen LogP contribution in [0.5, 0.6) is 0 Å². The largest absolute Gasteiger partial charge is 0.490 e. The number of alkyl halides is 6. The summed E-state index contributed by atoms with van der Waals surface area (Å²) in [6.45, 7) is 5.65. The minimum absolute atomic E-state index is 0.262. The highest BCUT2D eigenvalue weighted by Crippen LogP contribution is 2.35. The number of fused-ring (bicyclic) bond motifs is 2. The number of carboxylic acid groups (broad SMARTS) is 2. The Balaban J connectivity index is 0.000000317. The summed E-state index contributed by atoms with van der Waals surface area (Å²) in [5.74, 6) is -5.53. The van der Waals surface area contributed by atoms with Crippen LogP contribution in [-0.4, -0.2) is 62.0 Å². The van der Waals surface area contributed by atoms with Gasteiger partial charge in [0.15, 0.2) is 11.5 Å². The molecule has 9 nitrogen and oxygen atoms in total. The first-order chi connectivity index (χ1) is 20.4. The number of anilines is 2. The lowest BCUT2D eigenvalue weighted by Crippen LogP contribution is -2.26. The Kier molecular flexibility index (Phi) is 10.3. The van der Waals surface area contributed by atoms with E-state index in [1.165, 1.54) is 6.07 Å². The molecule has 5 rings (SSSR count). The summed E-state index contributed by atoms with van der Waals surface area (Å²) in [5, 5.41) is 22.0. The first-order valence-corrected chi connectivity index (χ1v) is 12.7. The second-order valence-electron chi connectivity index (χ2n) is 9.66. The Morgan fingerprint density at radius 1 is 0.932 bits per heavy atom. The molecule has 1 aliphatic heterocycles. The first-order valence-electron chi connectivity index (χ1n) is 12.7. The number of rotatable bonds is 3. The number of imidazole rings is 1. The number of aliphatic carboxylic acids is 2. The molecule has 0 atom stereocenters. The van der Waals surface area contributed by atoms with Gasteiger partial charge < -0.3 is 25.2 Å². The Morgan fingerprint density at radius 3 is 2.05 bits per heavy atom. The molecule has 1 aliphatic rings. The highest BCUT2D eigenvalue weighted by molar-refractivity contribution is 5.96. The van der Waals surface area contributed by atoms with Crippen LogP contribution in [0.2, 0.25) is 0 Å². The Bertz CT molecular complexity index is 1640. The zero-order chi connectivity index (χ0) is 33.0. The second-order valence-corrected chi connectivity index (χ2v) is 9.66. The lowest BCUT2D eigenvalue weighted by atomic mass is 9.88. The van der Waals surface area contributed by atoms with E-state index >= 15 is 4.39 Å². The quantitative estimate of drug-likeness (QED) is 0.195. The number of halogens is 8. The van der Waals surface area contributed by atoms with E-state index in [2.05, 4.69) is 26.7 Å². The first kappa shape index (κ1) is 34.0. The number of nitrogens with zero attached hydrogens (tertiary/aromatic N) is 3. The molecule has 0 bridgehead atoms. The molecule has 44 heavy (non-hydrogen) atoms. The van der Waals surface area contributed by atoms with Gasteiger partial charge >= 0.3 is 24.3 Å². The van der Waals surface area contributed by atoms with Crippen LogP contribution in [0.3, 0.4) is 0 Å². The molecular weight excluding hydrogens is 610 g/mol. The highest BCUT2D eigenvalue weighted by Gasteiger charge is 2.38. The van der Waals surface area contributed by atoms with Gasteiger partial charge in [0, 0.05) is 24.7 Å². The number of piperidine rings is 1. The number of carboxylic acids is 2.